The van der Waals surface area contributed by atoms with E-state index in [0.717, 1.165) is 44.9 Å². The van der Waals surface area contributed by atoms with E-state index in [1.807, 2.05) is 0 Å². The standard InChI is InChI=1S/C67H127NO10/c1-3-5-7-9-11-13-15-17-19-21-23-25-26-27-28-29-30-31-32-33-35-36-38-40-42-44-46-48-50-52-54-59(70)62(72)58(57-77-67-65(75)64(74)63(73)61(56-69)78-67)68-66(76)60(71)55-53-51-49-47-45-43-41-39-37-34-24-22-20-18-16-14-12-10-8-6-4-2/h32-33,38,40,46,48,58-65,67,69-75H,3-31,34-37,39,41-45,47,49-57H2,1-2H3,(H,68,76)/b33-32+,40-38+,48-46+. The summed E-state index contributed by atoms with van der Waals surface area (Å²) in [6, 6.07) is -1.19. The highest BCUT2D eigenvalue weighted by molar-refractivity contribution is 5.80. The van der Waals surface area contributed by atoms with Gasteiger partial charge in [0.25, 0.3) is 0 Å². The Morgan fingerprint density at radius 1 is 0.436 bits per heavy atom. The Balaban J connectivity index is 2.26. The Kier molecular flexibility index (Phi) is 53.2. The Labute approximate surface area is 479 Å². The average molecular weight is 1110 g/mol. The maximum Gasteiger partial charge on any atom is 0.249 e. The molecular weight excluding hydrogens is 979 g/mol. The number of allylic oxidation sites excluding steroid dienone is 6. The highest BCUT2D eigenvalue weighted by atomic mass is 16.7. The molecule has 8 N–H and O–H groups in total. The summed E-state index contributed by atoms with van der Waals surface area (Å²) in [5.41, 5.74) is 0. The van der Waals surface area contributed by atoms with E-state index in [1.54, 1.807) is 0 Å². The van der Waals surface area contributed by atoms with Crippen LogP contribution in [-0.4, -0.2) is 110 Å². The molecule has 0 bridgehead atoms. The van der Waals surface area contributed by atoms with E-state index in [4.69, 9.17) is 9.47 Å². The van der Waals surface area contributed by atoms with Crippen molar-refractivity contribution in [1.29, 1.82) is 0 Å². The van der Waals surface area contributed by atoms with Crippen molar-refractivity contribution in [3.05, 3.63) is 36.5 Å². The number of hydrogen-bond acceptors (Lipinski definition) is 10. The predicted molar refractivity (Wildman–Crippen MR) is 325 cm³/mol. The first-order valence-electron chi connectivity index (χ1n) is 33.4. The first kappa shape index (κ1) is 74.3. The van der Waals surface area contributed by atoms with E-state index in [1.165, 1.54) is 225 Å². The van der Waals surface area contributed by atoms with Crippen molar-refractivity contribution in [2.24, 2.45) is 0 Å². The van der Waals surface area contributed by atoms with Crippen molar-refractivity contribution in [3.63, 3.8) is 0 Å². The third kappa shape index (κ3) is 43.1. The SMILES string of the molecule is CCCCCCCCCCCCCCCCCCC/C=C/CC/C=C/CC/C=C/CCCC(O)C(O)C(COC1OC(CO)C(O)C(O)C1O)NC(=O)C(O)CCCCCCCCCCCCCCCCCCCCCCC. The minimum Gasteiger partial charge on any atom is -0.394 e. The number of rotatable bonds is 58. The van der Waals surface area contributed by atoms with E-state index in [2.05, 4.69) is 55.6 Å². The molecule has 1 fully saturated rings. The van der Waals surface area contributed by atoms with Gasteiger partial charge in [-0.2, -0.15) is 0 Å². The monoisotopic (exact) mass is 1110 g/mol. The van der Waals surface area contributed by atoms with Crippen LogP contribution in [0.3, 0.4) is 0 Å². The lowest BCUT2D eigenvalue weighted by Gasteiger charge is -2.40. The maximum atomic E-state index is 13.2. The van der Waals surface area contributed by atoms with Crippen LogP contribution in [0, 0.1) is 0 Å². The third-order valence-corrected chi connectivity index (χ3v) is 16.2. The first-order valence-corrected chi connectivity index (χ1v) is 33.4. The van der Waals surface area contributed by atoms with Gasteiger partial charge in [0.05, 0.1) is 25.4 Å². The normalized spacial score (nSPS) is 19.6. The second kappa shape index (κ2) is 55.8. The van der Waals surface area contributed by atoms with Crippen molar-refractivity contribution in [1.82, 2.24) is 5.32 Å². The topological polar surface area (TPSA) is 189 Å². The fourth-order valence-electron chi connectivity index (χ4n) is 10.8. The number of hydrogen-bond donors (Lipinski definition) is 8. The van der Waals surface area contributed by atoms with Crippen LogP contribution < -0.4 is 5.32 Å². The number of ether oxygens (including phenoxy) is 2. The van der Waals surface area contributed by atoms with Crippen LogP contribution in [0.1, 0.15) is 316 Å². The Bertz CT molecular complexity index is 1360. The number of unbranched alkanes of at least 4 members (excludes halogenated alkanes) is 40. The van der Waals surface area contributed by atoms with Crippen LogP contribution in [-0.2, 0) is 14.3 Å². The summed E-state index contributed by atoms with van der Waals surface area (Å²) in [4.78, 5) is 13.2. The molecule has 1 amide bonds. The zero-order valence-corrected chi connectivity index (χ0v) is 50.7. The highest BCUT2D eigenvalue weighted by Crippen LogP contribution is 2.24. The van der Waals surface area contributed by atoms with Crippen LogP contribution in [0.15, 0.2) is 36.5 Å². The summed E-state index contributed by atoms with van der Waals surface area (Å²) in [6.45, 7) is 3.48. The summed E-state index contributed by atoms with van der Waals surface area (Å²) in [7, 11) is 0. The fraction of sp³-hybridized carbons (Fsp3) is 0.896. The van der Waals surface area contributed by atoms with Crippen molar-refractivity contribution in [2.75, 3.05) is 13.2 Å². The minimum atomic E-state index is -1.67. The van der Waals surface area contributed by atoms with Gasteiger partial charge in [0.1, 0.15) is 36.6 Å². The largest absolute Gasteiger partial charge is 0.394 e. The molecule has 78 heavy (non-hydrogen) atoms. The minimum absolute atomic E-state index is 0.243. The molecule has 11 nitrogen and oxygen atoms in total. The quantitative estimate of drug-likeness (QED) is 0.0215. The number of aliphatic hydroxyl groups excluding tert-OH is 7. The molecule has 1 aliphatic heterocycles. The maximum absolute atomic E-state index is 13.2. The molecule has 0 aromatic carbocycles. The summed E-state index contributed by atoms with van der Waals surface area (Å²) >= 11 is 0. The Morgan fingerprint density at radius 2 is 0.769 bits per heavy atom. The molecule has 11 heteroatoms. The smallest absolute Gasteiger partial charge is 0.249 e. The first-order chi connectivity index (χ1) is 38.2. The van der Waals surface area contributed by atoms with Gasteiger partial charge in [-0.15, -0.1) is 0 Å². The molecule has 9 unspecified atom stereocenters. The van der Waals surface area contributed by atoms with Crippen molar-refractivity contribution in [2.45, 2.75) is 371 Å². The van der Waals surface area contributed by atoms with E-state index < -0.39 is 74.2 Å². The lowest BCUT2D eigenvalue weighted by molar-refractivity contribution is -0.303. The van der Waals surface area contributed by atoms with E-state index in [9.17, 15) is 40.5 Å². The molecule has 9 atom stereocenters. The van der Waals surface area contributed by atoms with Crippen LogP contribution in [0.25, 0.3) is 0 Å². The molecule has 1 heterocycles. The molecular formula is C67H127NO10. The molecule has 0 radical (unpaired) electrons. The van der Waals surface area contributed by atoms with Gasteiger partial charge >= 0.3 is 0 Å². The molecule has 0 aromatic rings. The molecule has 0 aromatic heterocycles. The van der Waals surface area contributed by atoms with Crippen LogP contribution in [0.4, 0.5) is 0 Å². The number of carbonyl (C=O) groups is 1. The fourth-order valence-corrected chi connectivity index (χ4v) is 10.8. The van der Waals surface area contributed by atoms with Crippen LogP contribution >= 0.6 is 0 Å². The summed E-state index contributed by atoms with van der Waals surface area (Å²) in [5, 5.41) is 76.3. The molecule has 1 rings (SSSR count). The zero-order valence-electron chi connectivity index (χ0n) is 50.7. The van der Waals surface area contributed by atoms with Gasteiger partial charge in [0.15, 0.2) is 6.29 Å². The van der Waals surface area contributed by atoms with Gasteiger partial charge in [0, 0.05) is 0 Å². The van der Waals surface area contributed by atoms with Crippen LogP contribution in [0.2, 0.25) is 0 Å². The van der Waals surface area contributed by atoms with Gasteiger partial charge in [0.2, 0.25) is 5.91 Å². The molecule has 0 spiro atoms. The van der Waals surface area contributed by atoms with Crippen molar-refractivity contribution < 1.29 is 50.0 Å². The van der Waals surface area contributed by atoms with Gasteiger partial charge in [-0.05, 0) is 64.2 Å². The van der Waals surface area contributed by atoms with Gasteiger partial charge < -0.3 is 50.5 Å². The van der Waals surface area contributed by atoms with Gasteiger partial charge in [-0.3, -0.25) is 4.79 Å². The van der Waals surface area contributed by atoms with E-state index >= 15 is 0 Å². The molecule has 0 aliphatic carbocycles. The molecule has 0 saturated carbocycles. The lowest BCUT2D eigenvalue weighted by atomic mass is 9.98. The lowest BCUT2D eigenvalue weighted by Crippen LogP contribution is -2.60. The number of amides is 1. The second-order valence-corrected chi connectivity index (χ2v) is 23.5. The summed E-state index contributed by atoms with van der Waals surface area (Å²) in [5.74, 6) is -0.707. The molecule has 460 valence electrons. The van der Waals surface area contributed by atoms with E-state index in [0.29, 0.717) is 19.3 Å². The van der Waals surface area contributed by atoms with Crippen molar-refractivity contribution in [3.8, 4) is 0 Å². The van der Waals surface area contributed by atoms with Gasteiger partial charge in [-0.25, -0.2) is 0 Å². The summed E-state index contributed by atoms with van der Waals surface area (Å²) in [6.07, 6.45) is 59.4. The predicted octanol–water partition coefficient (Wildman–Crippen LogP) is 15.4. The van der Waals surface area contributed by atoms with Gasteiger partial charge in [-0.1, -0.05) is 288 Å². The highest BCUT2D eigenvalue weighted by Gasteiger charge is 2.44. The summed E-state index contributed by atoms with van der Waals surface area (Å²) < 4.78 is 11.2. The van der Waals surface area contributed by atoms with E-state index in [-0.39, 0.29) is 12.8 Å². The average Bonchev–Trinajstić information content (AvgIpc) is 3.46. The molecule has 1 aliphatic rings. The Hall–Kier alpha value is -1.67. The second-order valence-electron chi connectivity index (χ2n) is 23.5. The van der Waals surface area contributed by atoms with Crippen LogP contribution in [0.5, 0.6) is 0 Å². The zero-order chi connectivity index (χ0) is 56.8. The Morgan fingerprint density at radius 3 is 1.14 bits per heavy atom. The van der Waals surface area contributed by atoms with Crippen molar-refractivity contribution >= 4 is 5.91 Å². The molecule has 1 saturated heterocycles. The third-order valence-electron chi connectivity index (χ3n) is 16.2. The number of carbonyl (C=O) groups excluding carboxylic acids is 1. The number of nitrogens with one attached hydrogen (secondary N) is 1. The number of aliphatic hydroxyl groups is 7.